The Bertz CT molecular complexity index is 403. The van der Waals surface area contributed by atoms with Gasteiger partial charge in [0, 0.05) is 4.47 Å². The van der Waals surface area contributed by atoms with Gasteiger partial charge in [0.1, 0.15) is 0 Å². The van der Waals surface area contributed by atoms with Gasteiger partial charge >= 0.3 is 6.03 Å². The average molecular weight is 269 g/mol. The highest BCUT2D eigenvalue weighted by Gasteiger charge is 2.36. The third-order valence-corrected chi connectivity index (χ3v) is 3.06. The van der Waals surface area contributed by atoms with Crippen molar-refractivity contribution >= 4 is 27.6 Å². The summed E-state index contributed by atoms with van der Waals surface area (Å²) >= 11 is 3.45. The number of hydrogen-bond donors (Lipinski definition) is 1. The maximum atomic E-state index is 11.7. The van der Waals surface area contributed by atoms with Gasteiger partial charge in [-0.15, -0.1) is 0 Å². The Labute approximate surface area is 97.6 Å². The molecule has 0 atom stereocenters. The zero-order chi connectivity index (χ0) is 11.1. The zero-order valence-electron chi connectivity index (χ0n) is 8.75. The Morgan fingerprint density at radius 1 is 1.40 bits per heavy atom. The molecule has 1 aliphatic heterocycles. The number of para-hydroxylation sites is 1. The molecule has 15 heavy (non-hydrogen) atoms. The van der Waals surface area contributed by atoms with E-state index in [1.165, 1.54) is 0 Å². The Balaban J connectivity index is 2.34. The Kier molecular flexibility index (Phi) is 2.46. The van der Waals surface area contributed by atoms with Crippen LogP contribution < -0.4 is 10.2 Å². The quantitative estimate of drug-likeness (QED) is 0.835. The maximum absolute atomic E-state index is 11.7. The van der Waals surface area contributed by atoms with Gasteiger partial charge in [0.2, 0.25) is 0 Å². The summed E-state index contributed by atoms with van der Waals surface area (Å²) in [5, 5.41) is 2.94. The first kappa shape index (κ1) is 10.5. The number of carbonyl (C=O) groups excluding carboxylic acids is 1. The molecule has 1 N–H and O–H groups in total. The second-order valence-electron chi connectivity index (χ2n) is 4.35. The molecule has 1 aliphatic rings. The molecule has 1 aromatic carbocycles. The van der Waals surface area contributed by atoms with E-state index in [0.29, 0.717) is 6.54 Å². The fourth-order valence-electron chi connectivity index (χ4n) is 1.73. The highest BCUT2D eigenvalue weighted by molar-refractivity contribution is 9.10. The van der Waals surface area contributed by atoms with E-state index < -0.39 is 0 Å². The number of carbonyl (C=O) groups is 1. The van der Waals surface area contributed by atoms with Crippen LogP contribution in [0.4, 0.5) is 10.5 Å². The molecule has 2 rings (SSSR count). The van der Waals surface area contributed by atoms with Gasteiger partial charge in [-0.1, -0.05) is 12.1 Å². The van der Waals surface area contributed by atoms with Crippen LogP contribution in [-0.4, -0.2) is 18.1 Å². The summed E-state index contributed by atoms with van der Waals surface area (Å²) in [5.41, 5.74) is 0.757. The number of amides is 2. The topological polar surface area (TPSA) is 32.3 Å². The van der Waals surface area contributed by atoms with Gasteiger partial charge in [-0.3, -0.25) is 4.90 Å². The number of anilines is 1. The first-order valence-corrected chi connectivity index (χ1v) is 5.63. The number of nitrogens with zero attached hydrogens (tertiary/aromatic N) is 1. The summed E-state index contributed by atoms with van der Waals surface area (Å²) in [6.45, 7) is 4.72. The molecule has 80 valence electrons. The van der Waals surface area contributed by atoms with Gasteiger partial charge in [-0.05, 0) is 41.9 Å². The van der Waals surface area contributed by atoms with E-state index in [2.05, 4.69) is 21.2 Å². The first-order valence-electron chi connectivity index (χ1n) is 4.84. The number of rotatable bonds is 1. The molecule has 1 aromatic rings. The van der Waals surface area contributed by atoms with E-state index in [0.717, 1.165) is 10.2 Å². The standard InChI is InChI=1S/C11H13BrN2O/c1-11(2)7-14(10(15)13-11)9-6-4-3-5-8(9)12/h3-6H,7H2,1-2H3,(H,13,15). The fraction of sp³-hybridized carbons (Fsp3) is 0.364. The lowest BCUT2D eigenvalue weighted by Crippen LogP contribution is -2.36. The molecule has 3 nitrogen and oxygen atoms in total. The second-order valence-corrected chi connectivity index (χ2v) is 5.21. The molecular weight excluding hydrogens is 256 g/mol. The molecule has 0 bridgehead atoms. The number of hydrogen-bond acceptors (Lipinski definition) is 1. The van der Waals surface area contributed by atoms with Gasteiger partial charge in [-0.25, -0.2) is 4.79 Å². The van der Waals surface area contributed by atoms with E-state index in [4.69, 9.17) is 0 Å². The van der Waals surface area contributed by atoms with Crippen LogP contribution in [0, 0.1) is 0 Å². The van der Waals surface area contributed by atoms with Crippen LogP contribution in [0.3, 0.4) is 0 Å². The van der Waals surface area contributed by atoms with Crippen LogP contribution in [0.1, 0.15) is 13.8 Å². The van der Waals surface area contributed by atoms with E-state index in [1.54, 1.807) is 4.90 Å². The Morgan fingerprint density at radius 2 is 2.07 bits per heavy atom. The SMILES string of the molecule is CC1(C)CN(c2ccccc2Br)C(=O)N1. The molecule has 1 heterocycles. The maximum Gasteiger partial charge on any atom is 0.322 e. The lowest BCUT2D eigenvalue weighted by molar-refractivity contribution is 0.248. The van der Waals surface area contributed by atoms with Crippen LogP contribution >= 0.6 is 15.9 Å². The predicted molar refractivity (Wildman–Crippen MR) is 64.1 cm³/mol. The van der Waals surface area contributed by atoms with Crippen molar-refractivity contribution in [3.05, 3.63) is 28.7 Å². The molecule has 1 fully saturated rings. The summed E-state index contributed by atoms with van der Waals surface area (Å²) in [7, 11) is 0. The van der Waals surface area contributed by atoms with E-state index >= 15 is 0 Å². The molecule has 0 aromatic heterocycles. The molecule has 2 amide bonds. The van der Waals surface area contributed by atoms with E-state index in [9.17, 15) is 4.79 Å². The molecule has 0 aliphatic carbocycles. The largest absolute Gasteiger partial charge is 0.331 e. The van der Waals surface area contributed by atoms with E-state index in [1.807, 2.05) is 38.1 Å². The van der Waals surface area contributed by atoms with Crippen LogP contribution in [0.5, 0.6) is 0 Å². The summed E-state index contributed by atoms with van der Waals surface area (Å²) in [5.74, 6) is 0. The van der Waals surface area contributed by atoms with Crippen molar-refractivity contribution in [3.63, 3.8) is 0 Å². The first-order chi connectivity index (χ1) is 6.99. The van der Waals surface area contributed by atoms with Crippen LogP contribution in [0.2, 0.25) is 0 Å². The lowest BCUT2D eigenvalue weighted by Gasteiger charge is -2.18. The molecule has 0 saturated carbocycles. The number of urea groups is 1. The van der Waals surface area contributed by atoms with Crippen molar-refractivity contribution in [3.8, 4) is 0 Å². The number of halogens is 1. The smallest absolute Gasteiger partial charge is 0.322 e. The monoisotopic (exact) mass is 268 g/mol. The van der Waals surface area contributed by atoms with Gasteiger partial charge < -0.3 is 5.32 Å². The Morgan fingerprint density at radius 3 is 2.60 bits per heavy atom. The van der Waals surface area contributed by atoms with Gasteiger partial charge in [0.15, 0.2) is 0 Å². The zero-order valence-corrected chi connectivity index (χ0v) is 10.3. The van der Waals surface area contributed by atoms with Crippen molar-refractivity contribution in [2.45, 2.75) is 19.4 Å². The third-order valence-electron chi connectivity index (χ3n) is 2.39. The minimum absolute atomic E-state index is 0.0353. The fourth-order valence-corrected chi connectivity index (χ4v) is 2.23. The highest BCUT2D eigenvalue weighted by Crippen LogP contribution is 2.29. The van der Waals surface area contributed by atoms with Gasteiger partial charge in [0.05, 0.1) is 17.8 Å². The molecule has 0 spiro atoms. The molecule has 4 heteroatoms. The number of nitrogens with one attached hydrogen (secondary N) is 1. The van der Waals surface area contributed by atoms with E-state index in [-0.39, 0.29) is 11.6 Å². The molecular formula is C11H13BrN2O. The third kappa shape index (κ3) is 2.00. The van der Waals surface area contributed by atoms with Crippen molar-refractivity contribution in [1.82, 2.24) is 5.32 Å². The van der Waals surface area contributed by atoms with Crippen LogP contribution in [0.25, 0.3) is 0 Å². The minimum Gasteiger partial charge on any atom is -0.331 e. The molecule has 0 unspecified atom stereocenters. The van der Waals surface area contributed by atoms with Crippen molar-refractivity contribution in [2.24, 2.45) is 0 Å². The van der Waals surface area contributed by atoms with Crippen LogP contribution in [0.15, 0.2) is 28.7 Å². The second kappa shape index (κ2) is 3.52. The van der Waals surface area contributed by atoms with Crippen molar-refractivity contribution < 1.29 is 4.79 Å². The van der Waals surface area contributed by atoms with Gasteiger partial charge in [0.25, 0.3) is 0 Å². The molecule has 0 radical (unpaired) electrons. The van der Waals surface area contributed by atoms with Crippen LogP contribution in [-0.2, 0) is 0 Å². The normalized spacial score (nSPS) is 19.1. The minimum atomic E-state index is -0.160. The summed E-state index contributed by atoms with van der Waals surface area (Å²) in [6, 6.07) is 7.71. The summed E-state index contributed by atoms with van der Waals surface area (Å²) in [4.78, 5) is 13.5. The van der Waals surface area contributed by atoms with Crippen molar-refractivity contribution in [1.29, 1.82) is 0 Å². The van der Waals surface area contributed by atoms with Gasteiger partial charge in [-0.2, -0.15) is 0 Å². The lowest BCUT2D eigenvalue weighted by atomic mass is 10.1. The summed E-state index contributed by atoms with van der Waals surface area (Å²) in [6.07, 6.45) is 0. The average Bonchev–Trinajstić information content (AvgIpc) is 2.40. The predicted octanol–water partition coefficient (Wildman–Crippen LogP) is 2.76. The Hall–Kier alpha value is -1.03. The number of benzene rings is 1. The molecule has 1 saturated heterocycles. The van der Waals surface area contributed by atoms with Crippen molar-refractivity contribution in [2.75, 3.05) is 11.4 Å². The summed E-state index contributed by atoms with van der Waals surface area (Å²) < 4.78 is 0.942. The highest BCUT2D eigenvalue weighted by atomic mass is 79.9.